The topological polar surface area (TPSA) is 117 Å². The number of nitriles is 1. The molecule has 0 aliphatic carbocycles. The van der Waals surface area contributed by atoms with Crippen LogP contribution in [0.15, 0.2) is 40.3 Å². The quantitative estimate of drug-likeness (QED) is 0.250. The standard InChI is InChI=1S/C21H21NO8/c1-25-8-9-28-20(23)15(12-22)10-14-4-6-17(19(11-14)26-2)29-13-16-5-7-18(30-16)21(24)27-3/h4-7,10-11H,8-9,13H2,1-3H3/b15-10-. The second-order valence-corrected chi connectivity index (χ2v) is 5.76. The number of hydrogen-bond acceptors (Lipinski definition) is 9. The van der Waals surface area contributed by atoms with E-state index in [2.05, 4.69) is 4.74 Å². The predicted molar refractivity (Wildman–Crippen MR) is 104 cm³/mol. The summed E-state index contributed by atoms with van der Waals surface area (Å²) in [5, 5.41) is 9.21. The first-order valence-electron chi connectivity index (χ1n) is 8.78. The normalized spacial score (nSPS) is 10.8. The number of benzene rings is 1. The number of methoxy groups -OCH3 is 3. The minimum atomic E-state index is -0.743. The van der Waals surface area contributed by atoms with Gasteiger partial charge in [0.15, 0.2) is 11.5 Å². The van der Waals surface area contributed by atoms with Gasteiger partial charge in [-0.3, -0.25) is 0 Å². The van der Waals surface area contributed by atoms with E-state index in [1.807, 2.05) is 6.07 Å². The van der Waals surface area contributed by atoms with Crippen LogP contribution in [0.25, 0.3) is 6.08 Å². The van der Waals surface area contributed by atoms with Crippen LogP contribution in [0.2, 0.25) is 0 Å². The van der Waals surface area contributed by atoms with E-state index >= 15 is 0 Å². The van der Waals surface area contributed by atoms with Gasteiger partial charge in [0.2, 0.25) is 5.76 Å². The van der Waals surface area contributed by atoms with Gasteiger partial charge in [0.25, 0.3) is 0 Å². The van der Waals surface area contributed by atoms with Crippen molar-refractivity contribution in [1.82, 2.24) is 0 Å². The van der Waals surface area contributed by atoms with Gasteiger partial charge in [-0.05, 0) is 35.9 Å². The number of nitrogens with zero attached hydrogens (tertiary/aromatic N) is 1. The molecular weight excluding hydrogens is 394 g/mol. The van der Waals surface area contributed by atoms with Crippen molar-refractivity contribution in [3.63, 3.8) is 0 Å². The number of esters is 2. The Morgan fingerprint density at radius 3 is 2.57 bits per heavy atom. The van der Waals surface area contributed by atoms with Crippen molar-refractivity contribution in [3.8, 4) is 17.6 Å². The maximum absolute atomic E-state index is 11.9. The Labute approximate surface area is 173 Å². The van der Waals surface area contributed by atoms with Crippen molar-refractivity contribution in [1.29, 1.82) is 5.26 Å². The zero-order valence-corrected chi connectivity index (χ0v) is 16.8. The van der Waals surface area contributed by atoms with Crippen molar-refractivity contribution >= 4 is 18.0 Å². The summed E-state index contributed by atoms with van der Waals surface area (Å²) in [6.45, 7) is 0.341. The average Bonchev–Trinajstić information content (AvgIpc) is 3.24. The number of ether oxygens (including phenoxy) is 5. The lowest BCUT2D eigenvalue weighted by molar-refractivity contribution is -0.139. The molecule has 0 saturated heterocycles. The second kappa shape index (κ2) is 11.3. The number of carbonyl (C=O) groups excluding carboxylic acids is 2. The fraction of sp³-hybridized carbons (Fsp3) is 0.286. The molecule has 0 amide bonds. The highest BCUT2D eigenvalue weighted by molar-refractivity contribution is 5.98. The molecule has 1 aromatic heterocycles. The summed E-state index contributed by atoms with van der Waals surface area (Å²) < 4.78 is 30.7. The van der Waals surface area contributed by atoms with Crippen LogP contribution in [-0.2, 0) is 25.6 Å². The van der Waals surface area contributed by atoms with Crippen molar-refractivity contribution in [3.05, 3.63) is 53.0 Å². The van der Waals surface area contributed by atoms with E-state index in [0.29, 0.717) is 22.8 Å². The molecule has 0 bridgehead atoms. The van der Waals surface area contributed by atoms with Crippen LogP contribution < -0.4 is 9.47 Å². The van der Waals surface area contributed by atoms with Crippen molar-refractivity contribution < 1.29 is 37.7 Å². The molecule has 2 aromatic rings. The van der Waals surface area contributed by atoms with Gasteiger partial charge in [0, 0.05) is 7.11 Å². The molecule has 0 aliphatic rings. The van der Waals surface area contributed by atoms with E-state index < -0.39 is 11.9 Å². The minimum Gasteiger partial charge on any atom is -0.493 e. The molecule has 0 fully saturated rings. The zero-order valence-electron chi connectivity index (χ0n) is 16.8. The van der Waals surface area contributed by atoms with Crippen molar-refractivity contribution in [2.24, 2.45) is 0 Å². The molecule has 158 valence electrons. The van der Waals surface area contributed by atoms with Gasteiger partial charge < -0.3 is 28.1 Å². The van der Waals surface area contributed by atoms with Crippen molar-refractivity contribution in [2.45, 2.75) is 6.61 Å². The summed E-state index contributed by atoms with van der Waals surface area (Å²) >= 11 is 0. The van der Waals surface area contributed by atoms with Crippen LogP contribution in [0, 0.1) is 11.3 Å². The van der Waals surface area contributed by atoms with E-state index in [1.54, 1.807) is 24.3 Å². The molecule has 0 aliphatic heterocycles. The third kappa shape index (κ3) is 6.12. The molecule has 1 heterocycles. The summed E-state index contributed by atoms with van der Waals surface area (Å²) in [7, 11) is 4.20. The molecule has 9 heteroatoms. The van der Waals surface area contributed by atoms with E-state index in [0.717, 1.165) is 0 Å². The van der Waals surface area contributed by atoms with Gasteiger partial charge in [-0.1, -0.05) is 6.07 Å². The molecule has 0 unspecified atom stereocenters. The Morgan fingerprint density at radius 2 is 1.90 bits per heavy atom. The minimum absolute atomic E-state index is 0.0505. The maximum Gasteiger partial charge on any atom is 0.373 e. The van der Waals surface area contributed by atoms with Crippen LogP contribution in [-0.4, -0.2) is 46.5 Å². The fourth-order valence-electron chi connectivity index (χ4n) is 2.31. The smallest absolute Gasteiger partial charge is 0.373 e. The van der Waals surface area contributed by atoms with Crippen LogP contribution >= 0.6 is 0 Å². The van der Waals surface area contributed by atoms with Crippen LogP contribution in [0.4, 0.5) is 0 Å². The lowest BCUT2D eigenvalue weighted by Gasteiger charge is -2.10. The first-order chi connectivity index (χ1) is 14.5. The van der Waals surface area contributed by atoms with Gasteiger partial charge in [0.05, 0.1) is 20.8 Å². The Balaban J connectivity index is 2.10. The Bertz CT molecular complexity index is 954. The molecular formula is C21H21NO8. The molecule has 0 spiro atoms. The largest absolute Gasteiger partial charge is 0.493 e. The van der Waals surface area contributed by atoms with Crippen LogP contribution in [0.5, 0.6) is 11.5 Å². The predicted octanol–water partition coefficient (Wildman–Crippen LogP) is 2.75. The molecule has 9 nitrogen and oxygen atoms in total. The molecule has 1 aromatic carbocycles. The molecule has 0 N–H and O–H groups in total. The summed E-state index contributed by atoms with van der Waals surface area (Å²) in [6.07, 6.45) is 1.39. The summed E-state index contributed by atoms with van der Waals surface area (Å²) in [5.74, 6) is -0.0329. The molecule has 2 rings (SSSR count). The first kappa shape index (κ1) is 22.5. The monoisotopic (exact) mass is 415 g/mol. The third-order valence-electron chi connectivity index (χ3n) is 3.78. The Kier molecular flexibility index (Phi) is 8.47. The van der Waals surface area contributed by atoms with Crippen molar-refractivity contribution in [2.75, 3.05) is 34.5 Å². The molecule has 30 heavy (non-hydrogen) atoms. The van der Waals surface area contributed by atoms with Crippen LogP contribution in [0.1, 0.15) is 21.9 Å². The number of rotatable bonds is 10. The summed E-state index contributed by atoms with van der Waals surface area (Å²) in [4.78, 5) is 23.4. The van der Waals surface area contributed by atoms with E-state index in [1.165, 1.54) is 33.5 Å². The Morgan fingerprint density at radius 1 is 1.10 bits per heavy atom. The van der Waals surface area contributed by atoms with E-state index in [4.69, 9.17) is 23.4 Å². The fourth-order valence-corrected chi connectivity index (χ4v) is 2.31. The maximum atomic E-state index is 11.9. The lowest BCUT2D eigenvalue weighted by atomic mass is 10.1. The third-order valence-corrected chi connectivity index (χ3v) is 3.78. The number of hydrogen-bond donors (Lipinski definition) is 0. The summed E-state index contributed by atoms with van der Waals surface area (Å²) in [5.41, 5.74) is 0.387. The second-order valence-electron chi connectivity index (χ2n) is 5.76. The highest BCUT2D eigenvalue weighted by atomic mass is 16.6. The summed E-state index contributed by atoms with van der Waals surface area (Å²) in [6, 6.07) is 9.79. The highest BCUT2D eigenvalue weighted by Gasteiger charge is 2.14. The lowest BCUT2D eigenvalue weighted by Crippen LogP contribution is -2.11. The molecule has 0 saturated carbocycles. The molecule has 0 atom stereocenters. The Hall–Kier alpha value is -3.77. The van der Waals surface area contributed by atoms with Gasteiger partial charge in [-0.2, -0.15) is 5.26 Å². The first-order valence-corrected chi connectivity index (χ1v) is 8.78. The van der Waals surface area contributed by atoms with E-state index in [-0.39, 0.29) is 31.2 Å². The van der Waals surface area contributed by atoms with Gasteiger partial charge in [-0.25, -0.2) is 9.59 Å². The SMILES string of the molecule is COCCOC(=O)/C(C#N)=C\c1ccc(OCc2ccc(C(=O)OC)o2)c(OC)c1. The number of furan rings is 1. The number of carbonyl (C=O) groups is 2. The van der Waals surface area contributed by atoms with Gasteiger partial charge in [-0.15, -0.1) is 0 Å². The zero-order chi connectivity index (χ0) is 21.9. The van der Waals surface area contributed by atoms with Gasteiger partial charge in [0.1, 0.15) is 30.6 Å². The highest BCUT2D eigenvalue weighted by Crippen LogP contribution is 2.30. The van der Waals surface area contributed by atoms with Crippen LogP contribution in [0.3, 0.4) is 0 Å². The van der Waals surface area contributed by atoms with Gasteiger partial charge >= 0.3 is 11.9 Å². The average molecular weight is 415 g/mol. The molecule has 0 radical (unpaired) electrons. The van der Waals surface area contributed by atoms with E-state index in [9.17, 15) is 14.9 Å².